The number of anilines is 1. The number of aryl methyl sites for hydroxylation is 1. The quantitative estimate of drug-likeness (QED) is 0.569. The first-order valence-electron chi connectivity index (χ1n) is 10.1. The summed E-state index contributed by atoms with van der Waals surface area (Å²) in [4.78, 5) is 8.43. The Morgan fingerprint density at radius 3 is 2.59 bits per heavy atom. The molecule has 2 heterocycles. The average molecular weight is 447 g/mol. The van der Waals surface area contributed by atoms with Gasteiger partial charge < -0.3 is 19.9 Å². The zero-order chi connectivity index (χ0) is 23.1. The molecule has 2 aromatic carbocycles. The maximum absolute atomic E-state index is 14.1. The van der Waals surface area contributed by atoms with Gasteiger partial charge in [-0.25, -0.2) is 9.97 Å². The van der Waals surface area contributed by atoms with Crippen molar-refractivity contribution in [2.75, 3.05) is 18.7 Å². The van der Waals surface area contributed by atoms with E-state index in [2.05, 4.69) is 15.3 Å². The number of ether oxygens (including phenoxy) is 2. The minimum absolute atomic E-state index is 0.0101. The lowest BCUT2D eigenvalue weighted by Crippen LogP contribution is -2.53. The van der Waals surface area contributed by atoms with Gasteiger partial charge in [0.1, 0.15) is 5.82 Å². The Bertz CT molecular complexity index is 1150. The Kier molecular flexibility index (Phi) is 5.40. The third kappa shape index (κ3) is 4.04. The van der Waals surface area contributed by atoms with Gasteiger partial charge in [-0.1, -0.05) is 32.0 Å². The molecule has 0 saturated carbocycles. The molecule has 0 amide bonds. The molecule has 6 nitrogen and oxygen atoms in total. The third-order valence-electron chi connectivity index (χ3n) is 5.70. The van der Waals surface area contributed by atoms with Crippen molar-refractivity contribution in [2.24, 2.45) is 0 Å². The summed E-state index contributed by atoms with van der Waals surface area (Å²) in [6.45, 7) is 4.31. The molecule has 0 fully saturated rings. The van der Waals surface area contributed by atoms with Gasteiger partial charge in [-0.3, -0.25) is 0 Å². The molecule has 1 aliphatic rings. The predicted octanol–water partition coefficient (Wildman–Crippen LogP) is 4.74. The van der Waals surface area contributed by atoms with Crippen molar-refractivity contribution < 1.29 is 27.8 Å². The largest absolute Gasteiger partial charge is 0.454 e. The number of hydrogen-bond donors (Lipinski definition) is 2. The van der Waals surface area contributed by atoms with Crippen molar-refractivity contribution in [3.05, 3.63) is 54.0 Å². The Hall–Kier alpha value is -3.07. The van der Waals surface area contributed by atoms with E-state index in [1.165, 1.54) is 0 Å². The van der Waals surface area contributed by atoms with Gasteiger partial charge in [0.15, 0.2) is 17.1 Å². The van der Waals surface area contributed by atoms with Crippen molar-refractivity contribution in [1.29, 1.82) is 0 Å². The number of rotatable bonds is 6. The monoisotopic (exact) mass is 447 g/mol. The van der Waals surface area contributed by atoms with Gasteiger partial charge in [0.2, 0.25) is 6.79 Å². The van der Waals surface area contributed by atoms with Crippen molar-refractivity contribution in [3.63, 3.8) is 0 Å². The van der Waals surface area contributed by atoms with Gasteiger partial charge in [-0.2, -0.15) is 13.2 Å². The zero-order valence-electron chi connectivity index (χ0n) is 18.0. The van der Waals surface area contributed by atoms with Gasteiger partial charge in [0.25, 0.3) is 0 Å². The van der Waals surface area contributed by atoms with E-state index >= 15 is 0 Å². The number of halogens is 3. The van der Waals surface area contributed by atoms with E-state index in [1.807, 2.05) is 0 Å². The van der Waals surface area contributed by atoms with Crippen LogP contribution in [0.15, 0.2) is 42.6 Å². The van der Waals surface area contributed by atoms with E-state index < -0.39 is 30.2 Å². The zero-order valence-corrected chi connectivity index (χ0v) is 18.0. The molecular formula is C23H24F3N3O3. The van der Waals surface area contributed by atoms with Crippen molar-refractivity contribution >= 4 is 16.6 Å². The second-order valence-corrected chi connectivity index (χ2v) is 8.64. The van der Waals surface area contributed by atoms with E-state index in [0.29, 0.717) is 39.5 Å². The van der Waals surface area contributed by atoms with Crippen LogP contribution < -0.4 is 14.8 Å². The lowest BCUT2D eigenvalue weighted by Gasteiger charge is -2.38. The van der Waals surface area contributed by atoms with Crippen molar-refractivity contribution in [1.82, 2.24) is 9.97 Å². The molecule has 0 radical (unpaired) electrons. The van der Waals surface area contributed by atoms with Crippen molar-refractivity contribution in [3.8, 4) is 11.5 Å². The maximum Gasteiger partial charge on any atom is 0.418 e. The van der Waals surface area contributed by atoms with Crippen LogP contribution in [0.2, 0.25) is 0 Å². The highest BCUT2D eigenvalue weighted by molar-refractivity contribution is 5.90. The van der Waals surface area contributed by atoms with Crippen LogP contribution in [-0.2, 0) is 5.41 Å². The first-order valence-corrected chi connectivity index (χ1v) is 10.1. The van der Waals surface area contributed by atoms with Crippen LogP contribution in [0.1, 0.15) is 31.7 Å². The molecule has 1 atom stereocenters. The Morgan fingerprint density at radius 1 is 1.09 bits per heavy atom. The highest BCUT2D eigenvalue weighted by Gasteiger charge is 2.56. The number of aliphatic hydroxyl groups is 1. The van der Waals surface area contributed by atoms with E-state index in [0.717, 1.165) is 0 Å². The molecule has 0 saturated heterocycles. The fraction of sp³-hybridized carbons (Fsp3) is 0.391. The summed E-state index contributed by atoms with van der Waals surface area (Å²) >= 11 is 0. The van der Waals surface area contributed by atoms with Gasteiger partial charge in [-0.15, -0.1) is 0 Å². The lowest BCUT2D eigenvalue weighted by molar-refractivity contribution is -0.260. The normalized spacial score (nSPS) is 15.6. The fourth-order valence-corrected chi connectivity index (χ4v) is 4.10. The van der Waals surface area contributed by atoms with E-state index in [1.54, 1.807) is 63.4 Å². The Balaban J connectivity index is 1.63. The number of alkyl halides is 3. The molecule has 0 aliphatic carbocycles. The van der Waals surface area contributed by atoms with Crippen LogP contribution >= 0.6 is 0 Å². The smallest absolute Gasteiger partial charge is 0.418 e. The molecule has 9 heteroatoms. The maximum atomic E-state index is 14.1. The second-order valence-electron chi connectivity index (χ2n) is 8.64. The van der Waals surface area contributed by atoms with Crippen LogP contribution in [0.5, 0.6) is 11.5 Å². The Labute approximate surface area is 183 Å². The molecule has 4 rings (SSSR count). The summed E-state index contributed by atoms with van der Waals surface area (Å²) in [7, 11) is 0. The minimum atomic E-state index is -4.87. The summed E-state index contributed by atoms with van der Waals surface area (Å²) in [6.07, 6.45) is -3.90. The molecule has 170 valence electrons. The number of benzene rings is 2. The highest BCUT2D eigenvalue weighted by Crippen LogP contribution is 2.47. The highest BCUT2D eigenvalue weighted by atomic mass is 19.4. The number of aromatic nitrogens is 2. The van der Waals surface area contributed by atoms with Gasteiger partial charge in [0, 0.05) is 22.8 Å². The van der Waals surface area contributed by atoms with Gasteiger partial charge >= 0.3 is 6.18 Å². The predicted molar refractivity (Wildman–Crippen MR) is 114 cm³/mol. The summed E-state index contributed by atoms with van der Waals surface area (Å²) in [5.41, 5.74) is -2.50. The van der Waals surface area contributed by atoms with E-state index in [-0.39, 0.29) is 6.79 Å². The van der Waals surface area contributed by atoms with Crippen LogP contribution in [0, 0.1) is 6.92 Å². The van der Waals surface area contributed by atoms with Gasteiger partial charge in [0.05, 0.1) is 12.1 Å². The van der Waals surface area contributed by atoms with E-state index in [9.17, 15) is 18.3 Å². The summed E-state index contributed by atoms with van der Waals surface area (Å²) in [5.74, 6) is 1.46. The third-order valence-corrected chi connectivity index (χ3v) is 5.70. The molecule has 3 aromatic rings. The topological polar surface area (TPSA) is 76.5 Å². The van der Waals surface area contributed by atoms with Crippen LogP contribution in [-0.4, -0.2) is 40.2 Å². The van der Waals surface area contributed by atoms with Crippen LogP contribution in [0.3, 0.4) is 0 Å². The summed E-state index contributed by atoms with van der Waals surface area (Å²) in [6, 6.07) is 10.2. The number of fused-ring (bicyclic) bond motifs is 2. The van der Waals surface area contributed by atoms with E-state index in [4.69, 9.17) is 9.47 Å². The number of hydrogen-bond acceptors (Lipinski definition) is 6. The number of nitrogens with zero attached hydrogens (tertiary/aromatic N) is 2. The average Bonchev–Trinajstić information content (AvgIpc) is 3.19. The van der Waals surface area contributed by atoms with Crippen LogP contribution in [0.25, 0.3) is 10.9 Å². The molecular weight excluding hydrogens is 423 g/mol. The summed E-state index contributed by atoms with van der Waals surface area (Å²) < 4.78 is 53.2. The molecule has 2 N–H and O–H groups in total. The summed E-state index contributed by atoms with van der Waals surface area (Å²) in [5, 5.41) is 14.2. The van der Waals surface area contributed by atoms with Crippen molar-refractivity contribution in [2.45, 2.75) is 44.4 Å². The molecule has 32 heavy (non-hydrogen) atoms. The number of nitrogens with one attached hydrogen (secondary N) is 1. The molecule has 1 unspecified atom stereocenters. The standard InChI is InChI=1S/C23H24F3N3O3/c1-14-27-10-15-17(7-5-8-18(15)29-14)28-12-22(30,23(24,25)26)11-21(2,3)16-6-4-9-19-20(16)32-13-31-19/h4-10,28,30H,11-13H2,1-3H3. The first-order chi connectivity index (χ1) is 15.0. The molecule has 1 aliphatic heterocycles. The number of para-hydroxylation sites is 1. The fourth-order valence-electron chi connectivity index (χ4n) is 4.10. The molecule has 1 aromatic heterocycles. The Morgan fingerprint density at radius 2 is 1.84 bits per heavy atom. The van der Waals surface area contributed by atoms with Crippen LogP contribution in [0.4, 0.5) is 18.9 Å². The minimum Gasteiger partial charge on any atom is -0.454 e. The second kappa shape index (κ2) is 7.81. The molecule has 0 bridgehead atoms. The molecule has 0 spiro atoms. The first kappa shape index (κ1) is 22.1. The van der Waals surface area contributed by atoms with Gasteiger partial charge in [-0.05, 0) is 37.0 Å². The SMILES string of the molecule is Cc1ncc2c(NCC(O)(CC(C)(C)c3cccc4c3OCO4)C(F)(F)F)cccc2n1. The lowest BCUT2D eigenvalue weighted by atomic mass is 9.74.